The number of nitriles is 1. The molecule has 1 aromatic carbocycles. The van der Waals surface area contributed by atoms with Gasteiger partial charge >= 0.3 is 0 Å². The maximum absolute atomic E-state index is 9.89. The third-order valence-corrected chi connectivity index (χ3v) is 4.52. The summed E-state index contributed by atoms with van der Waals surface area (Å²) in [6.07, 6.45) is 7.12. The van der Waals surface area contributed by atoms with Crippen LogP contribution in [-0.4, -0.2) is 9.97 Å². The van der Waals surface area contributed by atoms with E-state index in [0.717, 1.165) is 21.2 Å². The zero-order valence-corrected chi connectivity index (χ0v) is 13.9. The highest BCUT2D eigenvalue weighted by atomic mass is 79.9. The van der Waals surface area contributed by atoms with Crippen LogP contribution in [0.1, 0.15) is 28.5 Å². The monoisotopic (exact) mass is 363 g/mol. The first-order valence-corrected chi connectivity index (χ1v) is 8.04. The lowest BCUT2D eigenvalue weighted by Gasteiger charge is -2.23. The second-order valence-electron chi connectivity index (χ2n) is 5.18. The summed E-state index contributed by atoms with van der Waals surface area (Å²) in [5.41, 5.74) is 2.97. The van der Waals surface area contributed by atoms with Crippen molar-refractivity contribution in [3.05, 3.63) is 94.5 Å². The number of halogens is 1. The predicted molar refractivity (Wildman–Crippen MR) is 92.8 cm³/mol. The Bertz CT molecular complexity index is 773. The van der Waals surface area contributed by atoms with Gasteiger partial charge in [-0.3, -0.25) is 9.97 Å². The van der Waals surface area contributed by atoms with E-state index in [0.29, 0.717) is 0 Å². The fourth-order valence-corrected chi connectivity index (χ4v) is 3.28. The van der Waals surface area contributed by atoms with E-state index in [1.807, 2.05) is 60.9 Å². The van der Waals surface area contributed by atoms with Gasteiger partial charge in [0.05, 0.1) is 12.0 Å². The van der Waals surface area contributed by atoms with E-state index in [1.165, 1.54) is 0 Å². The van der Waals surface area contributed by atoms with Crippen LogP contribution in [0, 0.1) is 11.3 Å². The lowest BCUT2D eigenvalue weighted by molar-refractivity contribution is 0.716. The lowest BCUT2D eigenvalue weighted by Crippen LogP contribution is -2.12. The largest absolute Gasteiger partial charge is 0.264 e. The molecule has 2 aromatic heterocycles. The number of aromatic nitrogens is 2. The van der Waals surface area contributed by atoms with Crippen molar-refractivity contribution in [3.8, 4) is 6.07 Å². The second kappa shape index (κ2) is 7.17. The first kappa shape index (κ1) is 15.4. The average Bonchev–Trinajstić information content (AvgIpc) is 2.62. The zero-order chi connectivity index (χ0) is 16.1. The van der Waals surface area contributed by atoms with Crippen LogP contribution in [0.25, 0.3) is 0 Å². The normalized spacial score (nSPS) is 11.9. The van der Waals surface area contributed by atoms with Gasteiger partial charge in [0.1, 0.15) is 0 Å². The van der Waals surface area contributed by atoms with Crippen molar-refractivity contribution >= 4 is 15.9 Å². The maximum Gasteiger partial charge on any atom is 0.0833 e. The Balaban J connectivity index is 2.15. The van der Waals surface area contributed by atoms with Crippen LogP contribution in [-0.2, 0) is 0 Å². The molecule has 0 amide bonds. The Morgan fingerprint density at radius 1 is 0.870 bits per heavy atom. The summed E-state index contributed by atoms with van der Waals surface area (Å²) in [6, 6.07) is 18.1. The minimum atomic E-state index is -0.334. The molecule has 0 aliphatic rings. The SMILES string of the molecule is N#C[C@H](c1ccccc1Br)C(c1cccnc1)c1cccnc1. The van der Waals surface area contributed by atoms with Crippen molar-refractivity contribution in [1.29, 1.82) is 5.26 Å². The van der Waals surface area contributed by atoms with E-state index in [1.54, 1.807) is 12.4 Å². The molecule has 2 heterocycles. The number of pyridine rings is 2. The van der Waals surface area contributed by atoms with Gasteiger partial charge < -0.3 is 0 Å². The van der Waals surface area contributed by atoms with Crippen LogP contribution in [0.2, 0.25) is 0 Å². The topological polar surface area (TPSA) is 49.6 Å². The molecule has 0 saturated heterocycles. The van der Waals surface area contributed by atoms with Crippen molar-refractivity contribution in [2.24, 2.45) is 0 Å². The second-order valence-corrected chi connectivity index (χ2v) is 6.03. The number of benzene rings is 1. The summed E-state index contributed by atoms with van der Waals surface area (Å²) in [6.45, 7) is 0. The van der Waals surface area contributed by atoms with Crippen molar-refractivity contribution in [2.45, 2.75) is 11.8 Å². The quantitative estimate of drug-likeness (QED) is 0.676. The number of hydrogen-bond acceptors (Lipinski definition) is 3. The van der Waals surface area contributed by atoms with Gasteiger partial charge in [-0.05, 0) is 34.9 Å². The fourth-order valence-electron chi connectivity index (χ4n) is 2.75. The predicted octanol–water partition coefficient (Wildman–Crippen LogP) is 4.68. The third kappa shape index (κ3) is 3.30. The van der Waals surface area contributed by atoms with Crippen LogP contribution in [0.4, 0.5) is 0 Å². The Morgan fingerprint density at radius 3 is 1.96 bits per heavy atom. The first-order chi connectivity index (χ1) is 11.3. The molecule has 3 aromatic rings. The minimum Gasteiger partial charge on any atom is -0.264 e. The Labute approximate surface area is 143 Å². The molecular formula is C19H14BrN3. The Kier molecular flexibility index (Phi) is 4.80. The van der Waals surface area contributed by atoms with Gasteiger partial charge in [0, 0.05) is 35.2 Å². The molecule has 3 rings (SSSR count). The third-order valence-electron chi connectivity index (χ3n) is 3.80. The summed E-state index contributed by atoms with van der Waals surface area (Å²) in [7, 11) is 0. The number of nitrogens with zero attached hydrogens (tertiary/aromatic N) is 3. The van der Waals surface area contributed by atoms with Gasteiger partial charge in [0.2, 0.25) is 0 Å². The van der Waals surface area contributed by atoms with Crippen LogP contribution in [0.5, 0.6) is 0 Å². The maximum atomic E-state index is 9.89. The first-order valence-electron chi connectivity index (χ1n) is 7.25. The molecule has 112 valence electrons. The number of hydrogen-bond donors (Lipinski definition) is 0. The molecule has 1 atom stereocenters. The lowest BCUT2D eigenvalue weighted by atomic mass is 9.79. The molecule has 0 saturated carbocycles. The van der Waals surface area contributed by atoms with Crippen molar-refractivity contribution in [2.75, 3.05) is 0 Å². The smallest absolute Gasteiger partial charge is 0.0833 e. The van der Waals surface area contributed by atoms with E-state index in [4.69, 9.17) is 0 Å². The van der Waals surface area contributed by atoms with E-state index >= 15 is 0 Å². The van der Waals surface area contributed by atoms with E-state index in [2.05, 4.69) is 32.0 Å². The highest BCUT2D eigenvalue weighted by molar-refractivity contribution is 9.10. The van der Waals surface area contributed by atoms with Crippen molar-refractivity contribution in [3.63, 3.8) is 0 Å². The molecule has 0 unspecified atom stereocenters. The Morgan fingerprint density at radius 2 is 1.48 bits per heavy atom. The van der Waals surface area contributed by atoms with Gasteiger partial charge in [-0.1, -0.05) is 46.3 Å². The van der Waals surface area contributed by atoms with Crippen LogP contribution >= 0.6 is 15.9 Å². The molecule has 0 N–H and O–H groups in total. The molecule has 0 aliphatic carbocycles. The molecular weight excluding hydrogens is 350 g/mol. The molecule has 0 aliphatic heterocycles. The molecule has 0 fully saturated rings. The average molecular weight is 364 g/mol. The van der Waals surface area contributed by atoms with E-state index < -0.39 is 0 Å². The van der Waals surface area contributed by atoms with E-state index in [9.17, 15) is 5.26 Å². The molecule has 23 heavy (non-hydrogen) atoms. The Hall–Kier alpha value is -2.51. The van der Waals surface area contributed by atoms with Gasteiger partial charge in [-0.15, -0.1) is 0 Å². The van der Waals surface area contributed by atoms with Gasteiger partial charge in [-0.25, -0.2) is 0 Å². The zero-order valence-electron chi connectivity index (χ0n) is 12.3. The summed E-state index contributed by atoms with van der Waals surface area (Å²) >= 11 is 3.57. The molecule has 3 nitrogen and oxygen atoms in total. The fraction of sp³-hybridized carbons (Fsp3) is 0.105. The molecule has 0 spiro atoms. The summed E-state index contributed by atoms with van der Waals surface area (Å²) in [5.74, 6) is -0.458. The highest BCUT2D eigenvalue weighted by Gasteiger charge is 2.28. The summed E-state index contributed by atoms with van der Waals surface area (Å²) in [5, 5.41) is 9.89. The molecule has 4 heteroatoms. The molecule has 0 bridgehead atoms. The summed E-state index contributed by atoms with van der Waals surface area (Å²) < 4.78 is 0.935. The van der Waals surface area contributed by atoms with Gasteiger partial charge in [-0.2, -0.15) is 5.26 Å². The summed E-state index contributed by atoms with van der Waals surface area (Å²) in [4.78, 5) is 8.44. The van der Waals surface area contributed by atoms with Crippen LogP contribution < -0.4 is 0 Å². The standard InChI is InChI=1S/C19H14BrN3/c20-18-8-2-1-7-16(18)17(11-21)19(14-5-3-9-22-12-14)15-6-4-10-23-13-15/h1-10,12-13,17,19H/t17-/m1/s1. The van der Waals surface area contributed by atoms with Crippen molar-refractivity contribution in [1.82, 2.24) is 9.97 Å². The molecule has 0 radical (unpaired) electrons. The van der Waals surface area contributed by atoms with Crippen molar-refractivity contribution < 1.29 is 0 Å². The number of rotatable bonds is 4. The van der Waals surface area contributed by atoms with E-state index in [-0.39, 0.29) is 11.8 Å². The minimum absolute atomic E-state index is 0.124. The van der Waals surface area contributed by atoms with Gasteiger partial charge in [0.25, 0.3) is 0 Å². The van der Waals surface area contributed by atoms with Crippen LogP contribution in [0.15, 0.2) is 77.8 Å². The van der Waals surface area contributed by atoms with Crippen LogP contribution in [0.3, 0.4) is 0 Å². The van der Waals surface area contributed by atoms with Gasteiger partial charge in [0.15, 0.2) is 0 Å². The highest BCUT2D eigenvalue weighted by Crippen LogP contribution is 2.39.